The molecule has 0 saturated heterocycles. The highest BCUT2D eigenvalue weighted by Crippen LogP contribution is 2.21. The van der Waals surface area contributed by atoms with Crippen LogP contribution in [0.3, 0.4) is 0 Å². The molecule has 18 heavy (non-hydrogen) atoms. The van der Waals surface area contributed by atoms with E-state index in [-0.39, 0.29) is 6.04 Å². The molecule has 0 aliphatic carbocycles. The third-order valence-corrected chi connectivity index (χ3v) is 3.03. The van der Waals surface area contributed by atoms with Crippen molar-refractivity contribution in [2.45, 2.75) is 19.4 Å². The van der Waals surface area contributed by atoms with Crippen LogP contribution in [0.4, 0.5) is 0 Å². The molecule has 0 amide bonds. The van der Waals surface area contributed by atoms with Crippen LogP contribution in [0.5, 0.6) is 0 Å². The maximum Gasteiger partial charge on any atom is 0.115 e. The van der Waals surface area contributed by atoms with Crippen molar-refractivity contribution in [1.82, 2.24) is 20.3 Å². The minimum Gasteiger partial charge on any atom is -0.309 e. The standard InChI is InChI=1S/C13H15ClN4/c1-2-17-13(12-4-6-16-9-18-12)7-10-3-5-15-8-11(10)14/h3-6,8-9,13,17H,2,7H2,1H3. The molecule has 2 heterocycles. The molecule has 0 spiro atoms. The first kappa shape index (κ1) is 12.9. The van der Waals surface area contributed by atoms with E-state index in [1.54, 1.807) is 24.9 Å². The molecule has 5 heteroatoms. The Morgan fingerprint density at radius 3 is 2.78 bits per heavy atom. The van der Waals surface area contributed by atoms with Crippen molar-refractivity contribution in [2.75, 3.05) is 6.54 Å². The van der Waals surface area contributed by atoms with E-state index < -0.39 is 0 Å². The fourth-order valence-corrected chi connectivity index (χ4v) is 2.02. The van der Waals surface area contributed by atoms with Gasteiger partial charge in [-0.3, -0.25) is 4.98 Å². The van der Waals surface area contributed by atoms with Crippen molar-refractivity contribution in [2.24, 2.45) is 0 Å². The zero-order valence-corrected chi connectivity index (χ0v) is 10.9. The summed E-state index contributed by atoms with van der Waals surface area (Å²) >= 11 is 6.13. The number of nitrogens with one attached hydrogen (secondary N) is 1. The predicted molar refractivity (Wildman–Crippen MR) is 71.4 cm³/mol. The van der Waals surface area contributed by atoms with Crippen LogP contribution in [0.2, 0.25) is 5.02 Å². The van der Waals surface area contributed by atoms with Crippen LogP contribution < -0.4 is 5.32 Å². The molecule has 0 aliphatic rings. The molecular weight excluding hydrogens is 248 g/mol. The van der Waals surface area contributed by atoms with Crippen molar-refractivity contribution >= 4 is 11.6 Å². The Balaban J connectivity index is 2.19. The molecule has 2 aromatic heterocycles. The summed E-state index contributed by atoms with van der Waals surface area (Å²) in [5.74, 6) is 0. The fourth-order valence-electron chi connectivity index (χ4n) is 1.82. The smallest absolute Gasteiger partial charge is 0.115 e. The summed E-state index contributed by atoms with van der Waals surface area (Å²) < 4.78 is 0. The SMILES string of the molecule is CCNC(Cc1ccncc1Cl)c1ccncn1. The normalized spacial score (nSPS) is 12.3. The van der Waals surface area contributed by atoms with E-state index in [0.29, 0.717) is 5.02 Å². The van der Waals surface area contributed by atoms with E-state index in [4.69, 9.17) is 11.6 Å². The minimum atomic E-state index is 0.137. The summed E-state index contributed by atoms with van der Waals surface area (Å²) in [6, 6.07) is 3.99. The van der Waals surface area contributed by atoms with E-state index >= 15 is 0 Å². The van der Waals surface area contributed by atoms with Gasteiger partial charge in [0.05, 0.1) is 16.8 Å². The summed E-state index contributed by atoms with van der Waals surface area (Å²) in [6.45, 7) is 2.94. The Kier molecular flexibility index (Phi) is 4.61. The number of nitrogens with zero attached hydrogens (tertiary/aromatic N) is 3. The molecule has 1 unspecified atom stereocenters. The highest BCUT2D eigenvalue weighted by Gasteiger charge is 2.13. The Bertz CT molecular complexity index is 489. The summed E-state index contributed by atoms with van der Waals surface area (Å²) in [6.07, 6.45) is 7.52. The molecule has 1 atom stereocenters. The van der Waals surface area contributed by atoms with Crippen LogP contribution in [0.15, 0.2) is 37.1 Å². The zero-order valence-electron chi connectivity index (χ0n) is 10.2. The van der Waals surface area contributed by atoms with Crippen LogP contribution in [-0.2, 0) is 6.42 Å². The molecule has 0 fully saturated rings. The summed E-state index contributed by atoms with van der Waals surface area (Å²) in [5.41, 5.74) is 2.04. The zero-order chi connectivity index (χ0) is 12.8. The van der Waals surface area contributed by atoms with Crippen molar-refractivity contribution in [3.8, 4) is 0 Å². The quantitative estimate of drug-likeness (QED) is 0.899. The Morgan fingerprint density at radius 1 is 1.28 bits per heavy atom. The molecule has 2 rings (SSSR count). The van der Waals surface area contributed by atoms with Gasteiger partial charge in [-0.25, -0.2) is 9.97 Å². The third-order valence-electron chi connectivity index (χ3n) is 2.69. The first-order chi connectivity index (χ1) is 8.81. The lowest BCUT2D eigenvalue weighted by molar-refractivity contribution is 0.535. The van der Waals surface area contributed by atoms with E-state index in [1.807, 2.05) is 12.1 Å². The van der Waals surface area contributed by atoms with Crippen LogP contribution >= 0.6 is 11.6 Å². The van der Waals surface area contributed by atoms with Crippen molar-refractivity contribution in [3.63, 3.8) is 0 Å². The maximum absolute atomic E-state index is 6.13. The summed E-state index contributed by atoms with van der Waals surface area (Å²) in [4.78, 5) is 12.2. The monoisotopic (exact) mass is 262 g/mol. The van der Waals surface area contributed by atoms with Gasteiger partial charge in [-0.2, -0.15) is 0 Å². The molecular formula is C13H15ClN4. The lowest BCUT2D eigenvalue weighted by Gasteiger charge is -2.17. The van der Waals surface area contributed by atoms with Gasteiger partial charge in [-0.05, 0) is 30.7 Å². The molecule has 0 saturated carbocycles. The van der Waals surface area contributed by atoms with Gasteiger partial charge in [0.15, 0.2) is 0 Å². The third kappa shape index (κ3) is 3.24. The van der Waals surface area contributed by atoms with Crippen molar-refractivity contribution < 1.29 is 0 Å². The first-order valence-corrected chi connectivity index (χ1v) is 6.26. The van der Waals surface area contributed by atoms with Crippen LogP contribution in [-0.4, -0.2) is 21.5 Å². The molecule has 0 aromatic carbocycles. The van der Waals surface area contributed by atoms with E-state index in [0.717, 1.165) is 24.2 Å². The molecule has 0 radical (unpaired) electrons. The number of hydrogen-bond acceptors (Lipinski definition) is 4. The average Bonchev–Trinajstić information content (AvgIpc) is 2.42. The van der Waals surface area contributed by atoms with Gasteiger partial charge in [-0.15, -0.1) is 0 Å². The summed E-state index contributed by atoms with van der Waals surface area (Å²) in [7, 11) is 0. The van der Waals surface area contributed by atoms with Gasteiger partial charge in [-0.1, -0.05) is 18.5 Å². The number of halogens is 1. The van der Waals surface area contributed by atoms with Gasteiger partial charge in [0, 0.05) is 18.6 Å². The lowest BCUT2D eigenvalue weighted by Crippen LogP contribution is -2.24. The van der Waals surface area contributed by atoms with Gasteiger partial charge >= 0.3 is 0 Å². The molecule has 2 aromatic rings. The number of pyridine rings is 1. The van der Waals surface area contributed by atoms with Crippen LogP contribution in [0.25, 0.3) is 0 Å². The molecule has 0 aliphatic heterocycles. The van der Waals surface area contributed by atoms with Gasteiger partial charge < -0.3 is 5.32 Å². The minimum absolute atomic E-state index is 0.137. The Morgan fingerprint density at radius 2 is 2.11 bits per heavy atom. The second-order valence-corrected chi connectivity index (χ2v) is 4.32. The number of likely N-dealkylation sites (N-methyl/N-ethyl adjacent to an activating group) is 1. The van der Waals surface area contributed by atoms with E-state index in [9.17, 15) is 0 Å². The number of aromatic nitrogens is 3. The lowest BCUT2D eigenvalue weighted by atomic mass is 10.0. The van der Waals surface area contributed by atoms with Gasteiger partial charge in [0.1, 0.15) is 6.33 Å². The highest BCUT2D eigenvalue weighted by molar-refractivity contribution is 6.31. The fraction of sp³-hybridized carbons (Fsp3) is 0.308. The van der Waals surface area contributed by atoms with E-state index in [2.05, 4.69) is 27.2 Å². The Hall–Kier alpha value is -1.52. The largest absolute Gasteiger partial charge is 0.309 e. The second kappa shape index (κ2) is 6.42. The first-order valence-electron chi connectivity index (χ1n) is 5.89. The second-order valence-electron chi connectivity index (χ2n) is 3.92. The maximum atomic E-state index is 6.13. The van der Waals surface area contributed by atoms with E-state index in [1.165, 1.54) is 0 Å². The average molecular weight is 263 g/mol. The van der Waals surface area contributed by atoms with Gasteiger partial charge in [0.25, 0.3) is 0 Å². The van der Waals surface area contributed by atoms with Crippen LogP contribution in [0.1, 0.15) is 24.2 Å². The molecule has 1 N–H and O–H groups in total. The number of hydrogen-bond donors (Lipinski definition) is 1. The number of rotatable bonds is 5. The molecule has 0 bridgehead atoms. The van der Waals surface area contributed by atoms with Crippen molar-refractivity contribution in [1.29, 1.82) is 0 Å². The molecule has 94 valence electrons. The van der Waals surface area contributed by atoms with Crippen LogP contribution in [0, 0.1) is 0 Å². The summed E-state index contributed by atoms with van der Waals surface area (Å²) in [5, 5.41) is 4.09. The predicted octanol–water partition coefficient (Wildman–Crippen LogP) is 2.42. The molecule has 4 nitrogen and oxygen atoms in total. The van der Waals surface area contributed by atoms with Gasteiger partial charge in [0.2, 0.25) is 0 Å². The highest BCUT2D eigenvalue weighted by atomic mass is 35.5. The topological polar surface area (TPSA) is 50.7 Å². The Labute approximate surface area is 111 Å². The van der Waals surface area contributed by atoms with Crippen molar-refractivity contribution in [3.05, 3.63) is 53.3 Å².